The number of ketones is 2. The molecule has 490 valence electrons. The molecule has 0 bridgehead atoms. The molecule has 2 heterocycles. The highest BCUT2D eigenvalue weighted by Crippen LogP contribution is 2.26. The van der Waals surface area contributed by atoms with Crippen molar-refractivity contribution in [1.82, 2.24) is 19.8 Å². The summed E-state index contributed by atoms with van der Waals surface area (Å²) in [5, 5.41) is 14.7. The zero-order chi connectivity index (χ0) is 66.0. The summed E-state index contributed by atoms with van der Waals surface area (Å²) in [7, 11) is -3.49. The lowest BCUT2D eigenvalue weighted by Gasteiger charge is -2.17. The Kier molecular flexibility index (Phi) is 31.8. The van der Waals surface area contributed by atoms with E-state index in [1.165, 1.54) is 21.3 Å². The Balaban J connectivity index is 0.702. The van der Waals surface area contributed by atoms with Crippen LogP contribution in [0, 0.1) is 45.6 Å². The second-order valence-corrected chi connectivity index (χ2v) is 23.8. The number of hydrogen-bond acceptors (Lipinski definition) is 17. The quantitative estimate of drug-likeness (QED) is 0.0210. The van der Waals surface area contributed by atoms with Crippen LogP contribution >= 0.6 is 0 Å². The molecule has 92 heavy (non-hydrogen) atoms. The number of carbonyl (C=O) groups is 4. The Labute approximate surface area is 541 Å². The van der Waals surface area contributed by atoms with E-state index in [9.17, 15) is 42.4 Å². The fraction of sp³-hybridized carbons (Fsp3) is 0.412. The van der Waals surface area contributed by atoms with Gasteiger partial charge in [0.25, 0.3) is 17.0 Å². The van der Waals surface area contributed by atoms with E-state index >= 15 is 0 Å². The molecule has 2 aromatic heterocycles. The van der Waals surface area contributed by atoms with Crippen LogP contribution in [0.15, 0.2) is 138 Å². The molecule has 2 unspecified atom stereocenters. The predicted molar refractivity (Wildman–Crippen MR) is 345 cm³/mol. The first-order valence-corrected chi connectivity index (χ1v) is 32.6. The summed E-state index contributed by atoms with van der Waals surface area (Å²) in [4.78, 5) is 83.9. The number of pyridine rings is 2. The number of nitriles is 1. The SMILES string of the molecule is [C-]#[N+]c1ccc(S(=O)c2cc(C(=O)CCCOCCOCCOCCOCCNC(=O)CCC(=O)CCCOCCOCCOCCOCCNC(=O)c3cc(S(=O)c4ccc(C#N)cc4)c(C)n(-c4cccc(C)c4)c3=O)c(=O)n(-c3cccc(C)c3)c2C)cc1. The smallest absolute Gasteiger partial charge is 0.268 e. The predicted octanol–water partition coefficient (Wildman–Crippen LogP) is 7.75. The molecule has 0 spiro atoms. The van der Waals surface area contributed by atoms with Gasteiger partial charge >= 0.3 is 0 Å². The molecule has 24 heteroatoms. The largest absolute Gasteiger partial charge is 0.379 e. The third kappa shape index (κ3) is 23.6. The van der Waals surface area contributed by atoms with Crippen LogP contribution in [0.2, 0.25) is 0 Å². The Hall–Kier alpha value is -7.98. The number of aromatic nitrogens is 2. The minimum absolute atomic E-state index is 0.0277. The summed E-state index contributed by atoms with van der Waals surface area (Å²) in [5.41, 5.74) is 3.31. The second-order valence-electron chi connectivity index (χ2n) is 20.9. The highest BCUT2D eigenvalue weighted by molar-refractivity contribution is 7.85. The van der Waals surface area contributed by atoms with Crippen molar-refractivity contribution in [2.45, 2.75) is 85.8 Å². The summed E-state index contributed by atoms with van der Waals surface area (Å²) in [6, 6.07) is 32.1. The fourth-order valence-corrected chi connectivity index (χ4v) is 11.7. The van der Waals surface area contributed by atoms with Crippen molar-refractivity contribution in [3.05, 3.63) is 181 Å². The molecule has 6 rings (SSSR count). The first kappa shape index (κ1) is 73.1. The van der Waals surface area contributed by atoms with Gasteiger partial charge in [-0.25, -0.2) is 13.3 Å². The van der Waals surface area contributed by atoms with E-state index in [4.69, 9.17) is 44.5 Å². The van der Waals surface area contributed by atoms with Crippen LogP contribution in [0.5, 0.6) is 0 Å². The van der Waals surface area contributed by atoms with Crippen molar-refractivity contribution < 1.29 is 65.5 Å². The maximum absolute atomic E-state index is 13.8. The van der Waals surface area contributed by atoms with Gasteiger partial charge in [-0.1, -0.05) is 48.5 Å². The normalized spacial score (nSPS) is 11.8. The fourth-order valence-electron chi connectivity index (χ4n) is 9.23. The van der Waals surface area contributed by atoms with Gasteiger partial charge in [-0.2, -0.15) is 5.26 Å². The molecule has 2 atom stereocenters. The van der Waals surface area contributed by atoms with Crippen LogP contribution < -0.4 is 21.8 Å². The standard InChI is InChI=1S/C68H80N6O16S2/c1-49-10-6-12-55(44-49)73-51(3)63(92(82)59-23-18-54(70-5)19-24-59)46-60(67(73)79)62(76)15-9-29-84-33-37-88-41-42-89-38-34-85-30-26-71-65(77)25-20-57(75)14-8-28-83-32-36-87-40-43-90-39-35-86-31-27-72-66(78)61-47-64(91(81)58-21-16-53(48-69)17-22-58)52(4)74(68(61)80)56-13-7-11-50(2)45-56/h6-7,10-13,16-19,21-24,44-47H,8-9,14-15,20,25-43H2,1-4H3,(H,71,77)(H,72,78). The van der Waals surface area contributed by atoms with Gasteiger partial charge in [0.15, 0.2) is 11.5 Å². The number of nitrogens with zero attached hydrogens (tertiary/aromatic N) is 4. The van der Waals surface area contributed by atoms with E-state index in [0.29, 0.717) is 147 Å². The highest BCUT2D eigenvalue weighted by Gasteiger charge is 2.24. The minimum Gasteiger partial charge on any atom is -0.379 e. The number of Topliss-reactive ketones (excluding diaryl/α,β-unsaturated/α-hetero) is 2. The van der Waals surface area contributed by atoms with Gasteiger partial charge in [-0.05, 0) is 112 Å². The van der Waals surface area contributed by atoms with Crippen LogP contribution in [0.4, 0.5) is 5.69 Å². The Morgan fingerprint density at radius 2 is 0.913 bits per heavy atom. The van der Waals surface area contributed by atoms with Crippen LogP contribution in [0.25, 0.3) is 16.2 Å². The van der Waals surface area contributed by atoms with Crippen LogP contribution in [-0.2, 0) is 69.1 Å². The van der Waals surface area contributed by atoms with Crippen molar-refractivity contribution in [3.63, 3.8) is 0 Å². The number of rotatable bonds is 43. The molecule has 0 aliphatic carbocycles. The van der Waals surface area contributed by atoms with Crippen molar-refractivity contribution >= 4 is 50.7 Å². The number of ether oxygens (including phenoxy) is 8. The first-order chi connectivity index (χ1) is 44.6. The zero-order valence-electron chi connectivity index (χ0n) is 52.5. The summed E-state index contributed by atoms with van der Waals surface area (Å²) < 4.78 is 75.0. The maximum atomic E-state index is 13.8. The van der Waals surface area contributed by atoms with Crippen molar-refractivity contribution in [2.75, 3.05) is 119 Å². The van der Waals surface area contributed by atoms with Crippen molar-refractivity contribution in [2.24, 2.45) is 0 Å². The summed E-state index contributed by atoms with van der Waals surface area (Å²) in [6.07, 6.45) is 1.44. The molecule has 0 fully saturated rings. The van der Waals surface area contributed by atoms with Gasteiger partial charge in [0.1, 0.15) is 11.3 Å². The molecule has 6 aromatic rings. The van der Waals surface area contributed by atoms with Crippen LogP contribution in [0.3, 0.4) is 0 Å². The average molecular weight is 1300 g/mol. The number of amides is 2. The molecule has 4 aromatic carbocycles. The van der Waals surface area contributed by atoms with Crippen LogP contribution in [0.1, 0.15) is 87.3 Å². The van der Waals surface area contributed by atoms with Gasteiger partial charge < -0.3 is 48.5 Å². The number of carbonyl (C=O) groups excluding carboxylic acids is 4. The van der Waals surface area contributed by atoms with Gasteiger partial charge in [-0.3, -0.25) is 37.9 Å². The summed E-state index contributed by atoms with van der Waals surface area (Å²) in [6.45, 7) is 19.7. The van der Waals surface area contributed by atoms with E-state index in [1.807, 2.05) is 50.2 Å². The third-order valence-electron chi connectivity index (χ3n) is 14.0. The Morgan fingerprint density at radius 1 is 0.500 bits per heavy atom. The Bertz CT molecular complexity index is 3430. The van der Waals surface area contributed by atoms with Crippen molar-refractivity contribution in [3.8, 4) is 17.4 Å². The molecule has 2 N–H and O–H groups in total. The van der Waals surface area contributed by atoms with E-state index < -0.39 is 38.6 Å². The van der Waals surface area contributed by atoms with E-state index in [0.717, 1.165) is 11.1 Å². The van der Waals surface area contributed by atoms with Gasteiger partial charge in [0.2, 0.25) is 5.91 Å². The van der Waals surface area contributed by atoms with E-state index in [2.05, 4.69) is 15.5 Å². The minimum atomic E-state index is -1.76. The lowest BCUT2D eigenvalue weighted by atomic mass is 10.1. The molecule has 0 aliphatic rings. The van der Waals surface area contributed by atoms with Crippen LogP contribution in [-0.4, -0.2) is 160 Å². The number of aryl methyl sites for hydroxylation is 2. The van der Waals surface area contributed by atoms with E-state index in [1.54, 1.807) is 80.6 Å². The van der Waals surface area contributed by atoms with Gasteiger partial charge in [0.05, 0.1) is 148 Å². The van der Waals surface area contributed by atoms with Gasteiger partial charge in [0, 0.05) is 84.5 Å². The zero-order valence-corrected chi connectivity index (χ0v) is 54.1. The summed E-state index contributed by atoms with van der Waals surface area (Å²) >= 11 is 0. The lowest BCUT2D eigenvalue weighted by Crippen LogP contribution is -2.35. The molecular formula is C68H80N6O16S2. The molecule has 0 aliphatic heterocycles. The molecule has 22 nitrogen and oxygen atoms in total. The molecule has 2 amide bonds. The lowest BCUT2D eigenvalue weighted by molar-refractivity contribution is -0.125. The molecule has 0 radical (unpaired) electrons. The van der Waals surface area contributed by atoms with E-state index in [-0.39, 0.29) is 92.3 Å². The van der Waals surface area contributed by atoms with Crippen molar-refractivity contribution in [1.29, 1.82) is 5.26 Å². The third-order valence-corrected chi connectivity index (χ3v) is 17.1. The molecular weight excluding hydrogens is 1220 g/mol. The molecule has 0 saturated carbocycles. The molecule has 0 saturated heterocycles. The number of benzene rings is 4. The first-order valence-electron chi connectivity index (χ1n) is 30.3. The Morgan fingerprint density at radius 3 is 1.37 bits per heavy atom. The monoisotopic (exact) mass is 1300 g/mol. The maximum Gasteiger partial charge on any atom is 0.268 e. The number of hydrogen-bond donors (Lipinski definition) is 2. The number of nitrogens with one attached hydrogen (secondary N) is 2. The average Bonchev–Trinajstić information content (AvgIpc) is 0.791. The topological polar surface area (TPSA) is 272 Å². The highest BCUT2D eigenvalue weighted by atomic mass is 32.2. The van der Waals surface area contributed by atoms with Gasteiger partial charge in [-0.15, -0.1) is 0 Å². The summed E-state index contributed by atoms with van der Waals surface area (Å²) in [5.74, 6) is -1.29. The second kappa shape index (κ2) is 40.1.